The fourth-order valence-corrected chi connectivity index (χ4v) is 4.02. The van der Waals surface area contributed by atoms with Crippen molar-refractivity contribution in [2.24, 2.45) is 5.92 Å². The van der Waals surface area contributed by atoms with Gasteiger partial charge in [-0.15, -0.1) is 0 Å². The van der Waals surface area contributed by atoms with Crippen molar-refractivity contribution in [2.45, 2.75) is 32.0 Å². The number of aromatic carboxylic acids is 1. The summed E-state index contributed by atoms with van der Waals surface area (Å²) in [6.07, 6.45) is -5.26. The zero-order valence-electron chi connectivity index (χ0n) is 18.4. The highest BCUT2D eigenvalue weighted by molar-refractivity contribution is 5.90. The standard InChI is InChI=1S/C24H24F3NO6/c1-2-33-22(31)18-10-11-28(23(32)34-14-15-6-4-3-5-7-15)13-20(18)17-9-8-16(24(25,26)27)12-19(17)21(29)30/h3-9,12,18,20H,2,10-11,13-14H2,1H3,(H,29,30). The van der Waals surface area contributed by atoms with Crippen LogP contribution in [0.3, 0.4) is 0 Å². The molecule has 0 aromatic heterocycles. The Morgan fingerprint density at radius 2 is 1.79 bits per heavy atom. The van der Waals surface area contributed by atoms with Crippen LogP contribution in [0.1, 0.15) is 46.3 Å². The number of ether oxygens (including phenoxy) is 2. The lowest BCUT2D eigenvalue weighted by Crippen LogP contribution is -2.45. The molecule has 1 fully saturated rings. The van der Waals surface area contributed by atoms with Crippen LogP contribution in [0.4, 0.5) is 18.0 Å². The van der Waals surface area contributed by atoms with E-state index >= 15 is 0 Å². The van der Waals surface area contributed by atoms with Crippen molar-refractivity contribution in [3.8, 4) is 0 Å². The minimum absolute atomic E-state index is 0.0167. The summed E-state index contributed by atoms with van der Waals surface area (Å²) in [5.41, 5.74) is -0.895. The van der Waals surface area contributed by atoms with E-state index in [2.05, 4.69) is 0 Å². The molecule has 0 bridgehead atoms. The average Bonchev–Trinajstić information content (AvgIpc) is 2.82. The molecule has 34 heavy (non-hydrogen) atoms. The maximum absolute atomic E-state index is 13.2. The molecule has 1 aliphatic heterocycles. The van der Waals surface area contributed by atoms with Crippen LogP contribution in [0.5, 0.6) is 0 Å². The Kier molecular flexibility index (Phi) is 7.80. The van der Waals surface area contributed by atoms with Crippen LogP contribution in [0.2, 0.25) is 0 Å². The van der Waals surface area contributed by atoms with Gasteiger partial charge in [0.05, 0.1) is 23.7 Å². The third-order valence-corrected chi connectivity index (χ3v) is 5.68. The second-order valence-electron chi connectivity index (χ2n) is 7.84. The summed E-state index contributed by atoms with van der Waals surface area (Å²) in [7, 11) is 0. The number of piperidine rings is 1. The number of carbonyl (C=O) groups is 3. The van der Waals surface area contributed by atoms with Crippen LogP contribution in [0.25, 0.3) is 0 Å². The van der Waals surface area contributed by atoms with Crippen molar-refractivity contribution in [1.29, 1.82) is 0 Å². The highest BCUT2D eigenvalue weighted by Crippen LogP contribution is 2.38. The topological polar surface area (TPSA) is 93.1 Å². The van der Waals surface area contributed by atoms with Gasteiger partial charge in [0.1, 0.15) is 6.61 Å². The predicted molar refractivity (Wildman–Crippen MR) is 114 cm³/mol. The minimum atomic E-state index is -4.73. The number of alkyl halides is 3. The van der Waals surface area contributed by atoms with E-state index in [0.29, 0.717) is 6.07 Å². The van der Waals surface area contributed by atoms with Crippen molar-refractivity contribution in [1.82, 2.24) is 4.90 Å². The number of benzene rings is 2. The van der Waals surface area contributed by atoms with Gasteiger partial charge in [-0.1, -0.05) is 36.4 Å². The molecule has 2 unspecified atom stereocenters. The number of carboxylic acid groups (broad SMARTS) is 1. The van der Waals surface area contributed by atoms with Crippen molar-refractivity contribution in [2.75, 3.05) is 19.7 Å². The van der Waals surface area contributed by atoms with Gasteiger partial charge in [0.2, 0.25) is 0 Å². The molecule has 182 valence electrons. The molecule has 1 heterocycles. The Balaban J connectivity index is 1.89. The Morgan fingerprint density at radius 1 is 1.09 bits per heavy atom. The van der Waals surface area contributed by atoms with Crippen molar-refractivity contribution >= 4 is 18.0 Å². The third-order valence-electron chi connectivity index (χ3n) is 5.68. The fourth-order valence-electron chi connectivity index (χ4n) is 4.02. The second kappa shape index (κ2) is 10.6. The fraction of sp³-hybridized carbons (Fsp3) is 0.375. The largest absolute Gasteiger partial charge is 0.478 e. The number of esters is 1. The predicted octanol–water partition coefficient (Wildman–Crippen LogP) is 4.71. The van der Waals surface area contributed by atoms with Crippen LogP contribution >= 0.6 is 0 Å². The molecule has 2 atom stereocenters. The molecule has 1 N–H and O–H groups in total. The van der Waals surface area contributed by atoms with Gasteiger partial charge in [0.25, 0.3) is 0 Å². The van der Waals surface area contributed by atoms with Gasteiger partial charge in [-0.3, -0.25) is 4.79 Å². The molecule has 1 saturated heterocycles. The second-order valence-corrected chi connectivity index (χ2v) is 7.84. The Morgan fingerprint density at radius 3 is 2.41 bits per heavy atom. The molecule has 0 saturated carbocycles. The summed E-state index contributed by atoms with van der Waals surface area (Å²) in [4.78, 5) is 38.4. The minimum Gasteiger partial charge on any atom is -0.478 e. The number of likely N-dealkylation sites (tertiary alicyclic amines) is 1. The van der Waals surface area contributed by atoms with E-state index in [1.165, 1.54) is 4.90 Å². The van der Waals surface area contributed by atoms with E-state index in [4.69, 9.17) is 9.47 Å². The van der Waals surface area contributed by atoms with E-state index in [1.54, 1.807) is 31.2 Å². The van der Waals surface area contributed by atoms with Crippen LogP contribution < -0.4 is 0 Å². The summed E-state index contributed by atoms with van der Waals surface area (Å²) in [5, 5.41) is 9.61. The zero-order chi connectivity index (χ0) is 24.9. The molecule has 0 radical (unpaired) electrons. The molecule has 0 spiro atoms. The zero-order valence-corrected chi connectivity index (χ0v) is 18.4. The maximum Gasteiger partial charge on any atom is 0.416 e. The van der Waals surface area contributed by atoms with Gasteiger partial charge in [0.15, 0.2) is 0 Å². The molecule has 3 rings (SSSR count). The van der Waals surface area contributed by atoms with Crippen molar-refractivity contribution in [3.63, 3.8) is 0 Å². The Bertz CT molecular complexity index is 1040. The summed E-state index contributed by atoms with van der Waals surface area (Å²) in [6, 6.07) is 11.4. The highest BCUT2D eigenvalue weighted by atomic mass is 19.4. The first-order chi connectivity index (χ1) is 16.1. The van der Waals surface area contributed by atoms with Gasteiger partial charge in [-0.25, -0.2) is 9.59 Å². The molecule has 10 heteroatoms. The molecule has 0 aliphatic carbocycles. The van der Waals surface area contributed by atoms with Crippen LogP contribution in [0.15, 0.2) is 48.5 Å². The number of halogens is 3. The first-order valence-corrected chi connectivity index (χ1v) is 10.7. The lowest BCUT2D eigenvalue weighted by Gasteiger charge is -2.37. The van der Waals surface area contributed by atoms with E-state index in [1.807, 2.05) is 6.07 Å². The summed E-state index contributed by atoms with van der Waals surface area (Å²) in [6.45, 7) is 1.76. The summed E-state index contributed by atoms with van der Waals surface area (Å²) >= 11 is 0. The highest BCUT2D eigenvalue weighted by Gasteiger charge is 2.41. The maximum atomic E-state index is 13.2. The monoisotopic (exact) mass is 479 g/mol. The lowest BCUT2D eigenvalue weighted by atomic mass is 9.78. The van der Waals surface area contributed by atoms with Crippen molar-refractivity contribution < 1.29 is 42.1 Å². The quantitative estimate of drug-likeness (QED) is 0.604. The number of hydrogen-bond donors (Lipinski definition) is 1. The van der Waals surface area contributed by atoms with Crippen LogP contribution in [0, 0.1) is 5.92 Å². The normalized spacial score (nSPS) is 18.3. The average molecular weight is 479 g/mol. The number of carbonyl (C=O) groups excluding carboxylic acids is 2. The SMILES string of the molecule is CCOC(=O)C1CCN(C(=O)OCc2ccccc2)CC1c1ccc(C(F)(F)F)cc1C(=O)O. The molecular formula is C24H24F3NO6. The molecule has 7 nitrogen and oxygen atoms in total. The summed E-state index contributed by atoms with van der Waals surface area (Å²) in [5.74, 6) is -3.87. The van der Waals surface area contributed by atoms with E-state index in [0.717, 1.165) is 17.7 Å². The van der Waals surface area contributed by atoms with Gasteiger partial charge in [0, 0.05) is 19.0 Å². The molecule has 1 amide bonds. The molecular weight excluding hydrogens is 455 g/mol. The van der Waals surface area contributed by atoms with Gasteiger partial charge in [-0.2, -0.15) is 13.2 Å². The number of hydrogen-bond acceptors (Lipinski definition) is 5. The van der Waals surface area contributed by atoms with Gasteiger partial charge < -0.3 is 19.5 Å². The Hall–Kier alpha value is -3.56. The van der Waals surface area contributed by atoms with Gasteiger partial charge in [-0.05, 0) is 36.6 Å². The van der Waals surface area contributed by atoms with E-state index < -0.39 is 47.2 Å². The number of amides is 1. The van der Waals surface area contributed by atoms with Crippen molar-refractivity contribution in [3.05, 3.63) is 70.8 Å². The number of carboxylic acids is 1. The molecule has 2 aromatic carbocycles. The number of rotatable bonds is 6. The third kappa shape index (κ3) is 5.86. The number of nitrogens with zero attached hydrogens (tertiary/aromatic N) is 1. The van der Waals surface area contributed by atoms with Crippen LogP contribution in [-0.2, 0) is 27.1 Å². The first kappa shape index (κ1) is 25.1. The van der Waals surface area contributed by atoms with E-state index in [-0.39, 0.29) is 38.3 Å². The first-order valence-electron chi connectivity index (χ1n) is 10.7. The lowest BCUT2D eigenvalue weighted by molar-refractivity contribution is -0.150. The molecule has 1 aliphatic rings. The Labute approximate surface area is 194 Å². The smallest absolute Gasteiger partial charge is 0.416 e. The van der Waals surface area contributed by atoms with Crippen LogP contribution in [-0.4, -0.2) is 47.7 Å². The molecule has 2 aromatic rings. The summed E-state index contributed by atoms with van der Waals surface area (Å²) < 4.78 is 50.0. The van der Waals surface area contributed by atoms with Gasteiger partial charge >= 0.3 is 24.2 Å². The van der Waals surface area contributed by atoms with E-state index in [9.17, 15) is 32.7 Å².